The van der Waals surface area contributed by atoms with Gasteiger partial charge in [-0.2, -0.15) is 9.78 Å². The normalized spacial score (nSPS) is 20.0. The molecule has 0 radical (unpaired) electrons. The van der Waals surface area contributed by atoms with E-state index in [2.05, 4.69) is 34.0 Å². The number of halogens is 1. The molecular weight excluding hydrogens is 402 g/mol. The van der Waals surface area contributed by atoms with Gasteiger partial charge in [0, 0.05) is 69.1 Å². The average molecular weight is 430 g/mol. The summed E-state index contributed by atoms with van der Waals surface area (Å²) in [5.74, 6) is -0.141. The number of hydrogen-bond acceptors (Lipinski definition) is 5. The zero-order chi connectivity index (χ0) is 21.3. The van der Waals surface area contributed by atoms with Crippen LogP contribution in [0.4, 0.5) is 10.5 Å². The molecule has 30 heavy (non-hydrogen) atoms. The first kappa shape index (κ1) is 20.9. The number of carbonyl (C=O) groups excluding carboxylic acids is 2. The predicted molar refractivity (Wildman–Crippen MR) is 117 cm³/mol. The van der Waals surface area contributed by atoms with Gasteiger partial charge in [0.25, 0.3) is 0 Å². The zero-order valence-corrected chi connectivity index (χ0v) is 18.3. The molecule has 2 aliphatic rings. The van der Waals surface area contributed by atoms with Crippen molar-refractivity contribution < 1.29 is 9.59 Å². The number of nitrogens with zero attached hydrogens (tertiary/aromatic N) is 5. The van der Waals surface area contributed by atoms with Crippen LogP contribution in [0.25, 0.3) is 0 Å². The summed E-state index contributed by atoms with van der Waals surface area (Å²) in [7, 11) is 0. The third-order valence-electron chi connectivity index (χ3n) is 6.09. The first-order chi connectivity index (χ1) is 14.4. The second-order valence-corrected chi connectivity index (χ2v) is 8.64. The minimum Gasteiger partial charge on any atom is -0.369 e. The minimum absolute atomic E-state index is 0.141. The number of amides is 1. The van der Waals surface area contributed by atoms with E-state index in [1.54, 1.807) is 17.2 Å². The maximum atomic E-state index is 12.7. The molecule has 0 aliphatic carbocycles. The molecule has 0 spiro atoms. The molecule has 2 aliphatic heterocycles. The highest BCUT2D eigenvalue weighted by atomic mass is 35.5. The molecular formula is C22H28ClN5O2. The molecule has 1 atom stereocenters. The van der Waals surface area contributed by atoms with Gasteiger partial charge in [-0.05, 0) is 43.5 Å². The Hall–Kier alpha value is -2.38. The van der Waals surface area contributed by atoms with E-state index in [9.17, 15) is 9.59 Å². The second kappa shape index (κ2) is 8.78. The van der Waals surface area contributed by atoms with Crippen LogP contribution in [0, 0.1) is 0 Å². The molecule has 2 saturated heterocycles. The van der Waals surface area contributed by atoms with Crippen LogP contribution in [0.5, 0.6) is 0 Å². The van der Waals surface area contributed by atoms with Crippen molar-refractivity contribution in [2.45, 2.75) is 39.3 Å². The van der Waals surface area contributed by atoms with Gasteiger partial charge in [0.2, 0.25) is 0 Å². The summed E-state index contributed by atoms with van der Waals surface area (Å²) < 4.78 is 1.26. The van der Waals surface area contributed by atoms with Crippen LogP contribution >= 0.6 is 11.6 Å². The summed E-state index contributed by atoms with van der Waals surface area (Å²) in [4.78, 5) is 30.7. The second-order valence-electron chi connectivity index (χ2n) is 8.21. The van der Waals surface area contributed by atoms with Gasteiger partial charge in [0.1, 0.15) is 5.69 Å². The molecule has 8 heteroatoms. The van der Waals surface area contributed by atoms with Crippen molar-refractivity contribution in [1.82, 2.24) is 19.6 Å². The van der Waals surface area contributed by atoms with Crippen LogP contribution in [-0.2, 0) is 6.54 Å². The number of anilines is 1. The topological polar surface area (TPSA) is 61.7 Å². The first-order valence-corrected chi connectivity index (χ1v) is 10.9. The molecule has 0 saturated carbocycles. The number of aromatic nitrogens is 2. The summed E-state index contributed by atoms with van der Waals surface area (Å²) in [5.41, 5.74) is 2.83. The Kier molecular flexibility index (Phi) is 6.11. The average Bonchev–Trinajstić information content (AvgIpc) is 3.39. The maximum Gasteiger partial charge on any atom is 0.344 e. The fourth-order valence-electron chi connectivity index (χ4n) is 4.33. The van der Waals surface area contributed by atoms with Crippen molar-refractivity contribution >= 4 is 29.1 Å². The summed E-state index contributed by atoms with van der Waals surface area (Å²) in [6.45, 7) is 8.50. The number of piperazine rings is 1. The largest absolute Gasteiger partial charge is 0.369 e. The lowest BCUT2D eigenvalue weighted by molar-refractivity contribution is 0.101. The highest BCUT2D eigenvalue weighted by molar-refractivity contribution is 6.30. The third-order valence-corrected chi connectivity index (χ3v) is 6.33. The lowest BCUT2D eigenvalue weighted by Crippen LogP contribution is -2.49. The van der Waals surface area contributed by atoms with E-state index in [1.165, 1.54) is 35.7 Å². The lowest BCUT2D eigenvalue weighted by Gasteiger charge is -2.35. The van der Waals surface area contributed by atoms with Gasteiger partial charge < -0.3 is 9.80 Å². The third kappa shape index (κ3) is 4.37. The van der Waals surface area contributed by atoms with Gasteiger partial charge in [0.15, 0.2) is 5.78 Å². The molecule has 0 bridgehead atoms. The smallest absolute Gasteiger partial charge is 0.344 e. The highest BCUT2D eigenvalue weighted by Gasteiger charge is 2.26. The SMILES string of the molecule is CC(=O)c1ccn(C(=O)N2CCN(Cc3ccc(Cl)cc3N3CCC[C@@H]3C)CC2)n1. The number of benzene rings is 1. The van der Waals surface area contributed by atoms with E-state index < -0.39 is 0 Å². The monoisotopic (exact) mass is 429 g/mol. The number of rotatable bonds is 4. The number of Topliss-reactive ketones (excluding diaryl/α,β-unsaturated/α-hetero) is 1. The van der Waals surface area contributed by atoms with Crippen LogP contribution < -0.4 is 4.90 Å². The molecule has 0 unspecified atom stereocenters. The zero-order valence-electron chi connectivity index (χ0n) is 17.6. The van der Waals surface area contributed by atoms with Crippen molar-refractivity contribution in [3.8, 4) is 0 Å². The minimum atomic E-state index is -0.180. The molecule has 7 nitrogen and oxygen atoms in total. The summed E-state index contributed by atoms with van der Waals surface area (Å²) in [5, 5.41) is 4.86. The molecule has 2 fully saturated rings. The highest BCUT2D eigenvalue weighted by Crippen LogP contribution is 2.32. The summed E-state index contributed by atoms with van der Waals surface area (Å²) >= 11 is 6.31. The van der Waals surface area contributed by atoms with E-state index in [0.717, 1.165) is 31.2 Å². The van der Waals surface area contributed by atoms with E-state index in [0.29, 0.717) is 24.8 Å². The summed E-state index contributed by atoms with van der Waals surface area (Å²) in [6.07, 6.45) is 3.99. The number of hydrogen-bond donors (Lipinski definition) is 0. The quantitative estimate of drug-likeness (QED) is 0.696. The van der Waals surface area contributed by atoms with E-state index in [1.807, 2.05) is 6.07 Å². The summed E-state index contributed by atoms with van der Waals surface area (Å²) in [6, 6.07) is 8.12. The van der Waals surface area contributed by atoms with Crippen LogP contribution in [0.1, 0.15) is 42.7 Å². The van der Waals surface area contributed by atoms with Crippen LogP contribution in [0.15, 0.2) is 30.5 Å². The van der Waals surface area contributed by atoms with Crippen molar-refractivity contribution in [3.05, 3.63) is 46.7 Å². The number of carbonyl (C=O) groups is 2. The van der Waals surface area contributed by atoms with Crippen LogP contribution in [-0.4, -0.2) is 70.2 Å². The van der Waals surface area contributed by atoms with Gasteiger partial charge in [-0.15, -0.1) is 0 Å². The molecule has 160 valence electrons. The van der Waals surface area contributed by atoms with Crippen LogP contribution in [0.2, 0.25) is 5.02 Å². The van der Waals surface area contributed by atoms with Crippen LogP contribution in [0.3, 0.4) is 0 Å². The van der Waals surface area contributed by atoms with Gasteiger partial charge in [-0.25, -0.2) is 4.79 Å². The van der Waals surface area contributed by atoms with E-state index in [4.69, 9.17) is 11.6 Å². The fraction of sp³-hybridized carbons (Fsp3) is 0.500. The Bertz CT molecular complexity index is 935. The predicted octanol–water partition coefficient (Wildman–Crippen LogP) is 3.51. The maximum absolute atomic E-state index is 12.7. The van der Waals surface area contributed by atoms with Crippen molar-refractivity contribution in [2.75, 3.05) is 37.6 Å². The van der Waals surface area contributed by atoms with Crippen molar-refractivity contribution in [2.24, 2.45) is 0 Å². The molecule has 2 aromatic rings. The molecule has 0 N–H and O–H groups in total. The molecule has 1 aromatic carbocycles. The van der Waals surface area contributed by atoms with Crippen molar-refractivity contribution in [1.29, 1.82) is 0 Å². The Morgan fingerprint density at radius 1 is 1.13 bits per heavy atom. The Balaban J connectivity index is 1.39. The standard InChI is InChI=1S/C22H28ClN5O2/c1-16-4-3-8-27(16)21-14-19(23)6-5-18(21)15-25-10-12-26(13-11-25)22(30)28-9-7-20(24-28)17(2)29/h5-7,9,14,16H,3-4,8,10-13,15H2,1-2H3/t16-/m0/s1. The Morgan fingerprint density at radius 2 is 1.90 bits per heavy atom. The van der Waals surface area contributed by atoms with Gasteiger partial charge >= 0.3 is 6.03 Å². The Labute approximate surface area is 182 Å². The number of ketones is 1. The van der Waals surface area contributed by atoms with Crippen molar-refractivity contribution in [3.63, 3.8) is 0 Å². The first-order valence-electron chi connectivity index (χ1n) is 10.6. The van der Waals surface area contributed by atoms with Gasteiger partial charge in [-0.3, -0.25) is 9.69 Å². The van der Waals surface area contributed by atoms with Gasteiger partial charge in [0.05, 0.1) is 0 Å². The molecule has 4 rings (SSSR count). The molecule has 1 amide bonds. The Morgan fingerprint density at radius 3 is 2.53 bits per heavy atom. The van der Waals surface area contributed by atoms with E-state index in [-0.39, 0.29) is 11.8 Å². The molecule has 3 heterocycles. The lowest BCUT2D eigenvalue weighted by atomic mass is 10.1. The molecule has 1 aromatic heterocycles. The fourth-order valence-corrected chi connectivity index (χ4v) is 4.50. The van der Waals surface area contributed by atoms with Gasteiger partial charge in [-0.1, -0.05) is 17.7 Å². The van der Waals surface area contributed by atoms with E-state index >= 15 is 0 Å².